The second kappa shape index (κ2) is 9.60. The molecule has 24 heavy (non-hydrogen) atoms. The third-order valence-electron chi connectivity index (χ3n) is 4.28. The zero-order valence-electron chi connectivity index (χ0n) is 14.7. The molecule has 0 aromatic carbocycles. The topological polar surface area (TPSA) is 85.2 Å². The van der Waals surface area contributed by atoms with Crippen LogP contribution >= 0.6 is 12.4 Å². The largest absolute Gasteiger partial charge is 0.481 e. The molecule has 1 saturated carbocycles. The highest BCUT2D eigenvalue weighted by molar-refractivity contribution is 7.89. The molecule has 2 N–H and O–H groups in total. The van der Waals surface area contributed by atoms with Gasteiger partial charge in [0.25, 0.3) is 0 Å². The van der Waals surface area contributed by atoms with Crippen LogP contribution < -0.4 is 14.8 Å². The van der Waals surface area contributed by atoms with Crippen molar-refractivity contribution in [1.29, 1.82) is 0 Å². The number of aryl methyl sites for hydroxylation is 2. The normalized spacial score (nSPS) is 16.0. The Kier molecular flexibility index (Phi) is 8.49. The molecule has 0 atom stereocenters. The van der Waals surface area contributed by atoms with Crippen LogP contribution in [0, 0.1) is 6.92 Å². The molecule has 2 rings (SSSR count). The fourth-order valence-corrected chi connectivity index (χ4v) is 4.37. The molecule has 1 heterocycles. The standard InChI is InChI=1S/C15H28N4O3S.ClH/c1-12-14(15(22-3)19(2)17-12)11-16-9-10-23(20,21)18-13-7-5-4-6-8-13;/h13,16,18H,4-11H2,1-3H3;1H. The Morgan fingerprint density at radius 2 is 1.96 bits per heavy atom. The van der Waals surface area contributed by atoms with E-state index in [2.05, 4.69) is 15.1 Å². The highest BCUT2D eigenvalue weighted by atomic mass is 35.5. The third kappa shape index (κ3) is 5.91. The van der Waals surface area contributed by atoms with Crippen LogP contribution in [0.1, 0.15) is 43.4 Å². The number of methoxy groups -OCH3 is 1. The number of hydrogen-bond donors (Lipinski definition) is 2. The lowest BCUT2D eigenvalue weighted by molar-refractivity contribution is 0.368. The Labute approximate surface area is 151 Å². The molecule has 1 aliphatic carbocycles. The third-order valence-corrected chi connectivity index (χ3v) is 5.72. The van der Waals surface area contributed by atoms with Crippen molar-refractivity contribution in [3.05, 3.63) is 11.3 Å². The Morgan fingerprint density at radius 3 is 2.58 bits per heavy atom. The first kappa shape index (κ1) is 21.2. The molecule has 140 valence electrons. The summed E-state index contributed by atoms with van der Waals surface area (Å²) in [4.78, 5) is 0. The SMILES string of the molecule is COc1c(CNCCS(=O)(=O)NC2CCCCC2)c(C)nn1C.Cl. The number of halogens is 1. The summed E-state index contributed by atoms with van der Waals surface area (Å²) in [5.74, 6) is 0.795. The van der Waals surface area contributed by atoms with Crippen molar-refractivity contribution in [3.8, 4) is 5.88 Å². The second-order valence-electron chi connectivity index (χ2n) is 6.15. The fraction of sp³-hybridized carbons (Fsp3) is 0.800. The van der Waals surface area contributed by atoms with Crippen LogP contribution in [-0.2, 0) is 23.6 Å². The minimum atomic E-state index is -3.22. The van der Waals surface area contributed by atoms with Crippen molar-refractivity contribution in [2.75, 3.05) is 19.4 Å². The van der Waals surface area contributed by atoms with E-state index in [1.165, 1.54) is 6.42 Å². The van der Waals surface area contributed by atoms with Gasteiger partial charge < -0.3 is 10.1 Å². The van der Waals surface area contributed by atoms with E-state index in [9.17, 15) is 8.42 Å². The van der Waals surface area contributed by atoms with Gasteiger partial charge in [0, 0.05) is 26.2 Å². The van der Waals surface area contributed by atoms with Crippen LogP contribution in [-0.4, -0.2) is 43.6 Å². The molecule has 0 amide bonds. The highest BCUT2D eigenvalue weighted by Crippen LogP contribution is 2.20. The Hall–Kier alpha value is -0.830. The molecule has 0 radical (unpaired) electrons. The number of nitrogens with zero attached hydrogens (tertiary/aromatic N) is 2. The van der Waals surface area contributed by atoms with Gasteiger partial charge in [0.2, 0.25) is 15.9 Å². The molecule has 1 aromatic heterocycles. The van der Waals surface area contributed by atoms with Crippen LogP contribution in [0.3, 0.4) is 0 Å². The summed E-state index contributed by atoms with van der Waals surface area (Å²) < 4.78 is 34.1. The van der Waals surface area contributed by atoms with Crippen LogP contribution in [0.2, 0.25) is 0 Å². The highest BCUT2D eigenvalue weighted by Gasteiger charge is 2.20. The zero-order chi connectivity index (χ0) is 16.9. The lowest BCUT2D eigenvalue weighted by atomic mass is 9.96. The van der Waals surface area contributed by atoms with Gasteiger partial charge in [-0.25, -0.2) is 17.8 Å². The van der Waals surface area contributed by atoms with Crippen molar-refractivity contribution in [1.82, 2.24) is 19.8 Å². The van der Waals surface area contributed by atoms with E-state index >= 15 is 0 Å². The van der Waals surface area contributed by atoms with E-state index in [0.29, 0.717) is 19.0 Å². The quantitative estimate of drug-likeness (QED) is 0.667. The van der Waals surface area contributed by atoms with Gasteiger partial charge in [-0.05, 0) is 19.8 Å². The van der Waals surface area contributed by atoms with Gasteiger partial charge in [-0.1, -0.05) is 19.3 Å². The number of nitrogens with one attached hydrogen (secondary N) is 2. The molecule has 0 unspecified atom stereocenters. The monoisotopic (exact) mass is 380 g/mol. The Bertz CT molecular complexity index is 612. The minimum absolute atomic E-state index is 0. The summed E-state index contributed by atoms with van der Waals surface area (Å²) in [5.41, 5.74) is 1.85. The summed E-state index contributed by atoms with van der Waals surface area (Å²) >= 11 is 0. The van der Waals surface area contributed by atoms with E-state index in [4.69, 9.17) is 4.74 Å². The van der Waals surface area contributed by atoms with Crippen molar-refractivity contribution < 1.29 is 13.2 Å². The molecule has 1 aliphatic rings. The summed E-state index contributed by atoms with van der Waals surface area (Å²) in [6.45, 7) is 2.86. The Morgan fingerprint density at radius 1 is 1.29 bits per heavy atom. The van der Waals surface area contributed by atoms with E-state index in [0.717, 1.165) is 36.9 Å². The second-order valence-corrected chi connectivity index (χ2v) is 8.02. The van der Waals surface area contributed by atoms with E-state index in [1.807, 2.05) is 14.0 Å². The van der Waals surface area contributed by atoms with Crippen molar-refractivity contribution in [2.45, 2.75) is 51.6 Å². The molecule has 1 fully saturated rings. The lowest BCUT2D eigenvalue weighted by Crippen LogP contribution is -2.39. The summed E-state index contributed by atoms with van der Waals surface area (Å²) in [6, 6.07) is 0.120. The zero-order valence-corrected chi connectivity index (χ0v) is 16.3. The van der Waals surface area contributed by atoms with E-state index < -0.39 is 10.0 Å². The maximum absolute atomic E-state index is 12.1. The van der Waals surface area contributed by atoms with Crippen LogP contribution in [0.25, 0.3) is 0 Å². The predicted molar refractivity (Wildman–Crippen MR) is 97.2 cm³/mol. The van der Waals surface area contributed by atoms with E-state index in [1.54, 1.807) is 11.8 Å². The van der Waals surface area contributed by atoms with Crippen molar-refractivity contribution >= 4 is 22.4 Å². The molecule has 0 saturated heterocycles. The molecule has 7 nitrogen and oxygen atoms in total. The maximum Gasteiger partial charge on any atom is 0.216 e. The number of aromatic nitrogens is 2. The number of ether oxygens (including phenoxy) is 1. The number of rotatable bonds is 8. The van der Waals surface area contributed by atoms with E-state index in [-0.39, 0.29) is 24.2 Å². The van der Waals surface area contributed by atoms with Crippen molar-refractivity contribution in [3.63, 3.8) is 0 Å². The Balaban J connectivity index is 0.00000288. The fourth-order valence-electron chi connectivity index (χ4n) is 3.09. The first-order chi connectivity index (χ1) is 10.9. The van der Waals surface area contributed by atoms with Gasteiger partial charge in [0.15, 0.2) is 0 Å². The predicted octanol–water partition coefficient (Wildman–Crippen LogP) is 1.50. The molecule has 0 bridgehead atoms. The van der Waals surface area contributed by atoms with Gasteiger partial charge >= 0.3 is 0 Å². The van der Waals surface area contributed by atoms with Gasteiger partial charge in [0.1, 0.15) is 0 Å². The van der Waals surface area contributed by atoms with Crippen LogP contribution in [0.15, 0.2) is 0 Å². The molecular formula is C15H29ClN4O3S. The van der Waals surface area contributed by atoms with Gasteiger partial charge in [-0.2, -0.15) is 5.10 Å². The molecule has 0 aliphatic heterocycles. The minimum Gasteiger partial charge on any atom is -0.481 e. The van der Waals surface area contributed by atoms with Crippen LogP contribution in [0.4, 0.5) is 0 Å². The van der Waals surface area contributed by atoms with Crippen molar-refractivity contribution in [2.24, 2.45) is 7.05 Å². The van der Waals surface area contributed by atoms with Crippen LogP contribution in [0.5, 0.6) is 5.88 Å². The first-order valence-corrected chi connectivity index (χ1v) is 9.85. The summed E-state index contributed by atoms with van der Waals surface area (Å²) in [6.07, 6.45) is 5.36. The van der Waals surface area contributed by atoms with Gasteiger partial charge in [-0.3, -0.25) is 0 Å². The number of sulfonamides is 1. The average molecular weight is 381 g/mol. The molecule has 1 aromatic rings. The average Bonchev–Trinajstić information content (AvgIpc) is 2.77. The van der Waals surface area contributed by atoms with Gasteiger partial charge in [0.05, 0.1) is 24.1 Å². The number of hydrogen-bond acceptors (Lipinski definition) is 5. The maximum atomic E-state index is 12.1. The first-order valence-electron chi connectivity index (χ1n) is 8.20. The molecule has 0 spiro atoms. The summed E-state index contributed by atoms with van der Waals surface area (Å²) in [7, 11) is 0.216. The smallest absolute Gasteiger partial charge is 0.216 e. The summed E-state index contributed by atoms with van der Waals surface area (Å²) in [5, 5.41) is 7.48. The molecule has 9 heteroatoms. The molecular weight excluding hydrogens is 352 g/mol. The lowest BCUT2D eigenvalue weighted by Gasteiger charge is -2.22. The van der Waals surface area contributed by atoms with Gasteiger partial charge in [-0.15, -0.1) is 12.4 Å².